The summed E-state index contributed by atoms with van der Waals surface area (Å²) in [4.78, 5) is 17.1. The van der Waals surface area contributed by atoms with Gasteiger partial charge in [0, 0.05) is 24.4 Å². The van der Waals surface area contributed by atoms with Gasteiger partial charge in [-0.2, -0.15) is 0 Å². The monoisotopic (exact) mass is 437 g/mol. The number of imidazole rings is 1. The van der Waals surface area contributed by atoms with Crippen molar-refractivity contribution < 1.29 is 18.3 Å². The molecule has 1 saturated carbocycles. The van der Waals surface area contributed by atoms with Crippen LogP contribution >= 0.6 is 0 Å². The van der Waals surface area contributed by atoms with Gasteiger partial charge in [0.05, 0.1) is 25.5 Å². The normalized spacial score (nSPS) is 13.6. The van der Waals surface area contributed by atoms with Crippen LogP contribution in [0.2, 0.25) is 0 Å². The van der Waals surface area contributed by atoms with Crippen LogP contribution in [0.15, 0.2) is 42.9 Å². The average Bonchev–Trinajstić information content (AvgIpc) is 3.40. The number of ether oxygens (including phenoxy) is 1. The number of hydrogen-bond donors (Lipinski definition) is 0. The second-order valence-electron chi connectivity index (χ2n) is 8.00. The molecule has 1 aliphatic carbocycles. The number of ketones is 1. The van der Waals surface area contributed by atoms with Crippen LogP contribution in [0.3, 0.4) is 0 Å². The quantitative estimate of drug-likeness (QED) is 0.390. The molecule has 0 N–H and O–H groups in total. The molecular formula is C23H21F2N5O2. The number of fused-ring (bicyclic) bond motifs is 1. The number of benzene rings is 1. The summed E-state index contributed by atoms with van der Waals surface area (Å²) < 4.78 is 36.7. The Kier molecular flexibility index (Phi) is 5.16. The van der Waals surface area contributed by atoms with E-state index in [-0.39, 0.29) is 35.6 Å². The number of carbonyl (C=O) groups is 1. The topological polar surface area (TPSA) is 74.3 Å². The number of aromatic nitrogens is 5. The van der Waals surface area contributed by atoms with Crippen molar-refractivity contribution in [3.8, 4) is 5.75 Å². The summed E-state index contributed by atoms with van der Waals surface area (Å²) in [6.45, 7) is 0.361. The van der Waals surface area contributed by atoms with E-state index in [1.165, 1.54) is 42.5 Å². The molecule has 0 amide bonds. The van der Waals surface area contributed by atoms with Gasteiger partial charge in [0.1, 0.15) is 17.2 Å². The van der Waals surface area contributed by atoms with E-state index in [1.807, 2.05) is 16.7 Å². The molecule has 0 unspecified atom stereocenters. The van der Waals surface area contributed by atoms with Gasteiger partial charge in [-0.25, -0.2) is 18.4 Å². The average molecular weight is 437 g/mol. The molecule has 0 aliphatic heterocycles. The Morgan fingerprint density at radius 1 is 1.16 bits per heavy atom. The lowest BCUT2D eigenvalue weighted by Crippen LogP contribution is -2.05. The highest BCUT2D eigenvalue weighted by atomic mass is 19.1. The zero-order valence-electron chi connectivity index (χ0n) is 17.5. The van der Waals surface area contributed by atoms with Gasteiger partial charge in [-0.1, -0.05) is 11.3 Å². The molecule has 0 bridgehead atoms. The Balaban J connectivity index is 1.26. The molecule has 0 atom stereocenters. The summed E-state index contributed by atoms with van der Waals surface area (Å²) in [6, 6.07) is 6.46. The highest BCUT2D eigenvalue weighted by Crippen LogP contribution is 2.39. The van der Waals surface area contributed by atoms with E-state index < -0.39 is 11.6 Å². The Bertz CT molecular complexity index is 1310. The SMILES string of the molecule is COc1ccc(F)c(CCC(=O)c2cn(Cc3cn4cc(C5CC5)ccc4n3)nn2)c1F. The smallest absolute Gasteiger partial charge is 0.185 e. The molecule has 1 aliphatic rings. The Morgan fingerprint density at radius 2 is 2.00 bits per heavy atom. The molecule has 3 aromatic heterocycles. The molecule has 0 radical (unpaired) electrons. The largest absolute Gasteiger partial charge is 0.494 e. The predicted molar refractivity (Wildman–Crippen MR) is 112 cm³/mol. The first-order chi connectivity index (χ1) is 15.5. The van der Waals surface area contributed by atoms with E-state index in [0.29, 0.717) is 12.5 Å². The second-order valence-corrected chi connectivity index (χ2v) is 8.00. The van der Waals surface area contributed by atoms with Crippen LogP contribution in [0.25, 0.3) is 5.65 Å². The van der Waals surface area contributed by atoms with Crippen molar-refractivity contribution in [3.63, 3.8) is 0 Å². The fourth-order valence-electron chi connectivity index (χ4n) is 3.79. The zero-order valence-corrected chi connectivity index (χ0v) is 17.5. The summed E-state index contributed by atoms with van der Waals surface area (Å²) in [6.07, 6.45) is 7.85. The minimum atomic E-state index is -0.791. The van der Waals surface area contributed by atoms with Crippen molar-refractivity contribution in [1.29, 1.82) is 0 Å². The van der Waals surface area contributed by atoms with Crippen LogP contribution in [0.5, 0.6) is 5.75 Å². The summed E-state index contributed by atoms with van der Waals surface area (Å²) >= 11 is 0. The van der Waals surface area contributed by atoms with Crippen molar-refractivity contribution in [2.45, 2.75) is 38.1 Å². The number of halogens is 2. The van der Waals surface area contributed by atoms with Gasteiger partial charge in [-0.15, -0.1) is 5.10 Å². The fraction of sp³-hybridized carbons (Fsp3) is 0.304. The first-order valence-electron chi connectivity index (χ1n) is 10.4. The molecule has 9 heteroatoms. The minimum Gasteiger partial charge on any atom is -0.494 e. The third-order valence-electron chi connectivity index (χ3n) is 5.69. The summed E-state index contributed by atoms with van der Waals surface area (Å²) in [7, 11) is 1.30. The number of pyridine rings is 1. The van der Waals surface area contributed by atoms with Gasteiger partial charge >= 0.3 is 0 Å². The maximum Gasteiger partial charge on any atom is 0.185 e. The number of hydrogen-bond acceptors (Lipinski definition) is 5. The number of rotatable bonds is 8. The minimum absolute atomic E-state index is 0.0588. The maximum absolute atomic E-state index is 14.3. The lowest BCUT2D eigenvalue weighted by molar-refractivity contribution is 0.0977. The van der Waals surface area contributed by atoms with E-state index in [1.54, 1.807) is 0 Å². The zero-order chi connectivity index (χ0) is 22.2. The van der Waals surface area contributed by atoms with Crippen LogP contribution in [0.4, 0.5) is 8.78 Å². The Labute approximate surface area is 182 Å². The van der Waals surface area contributed by atoms with Crippen molar-refractivity contribution >= 4 is 11.4 Å². The van der Waals surface area contributed by atoms with Gasteiger partial charge < -0.3 is 9.14 Å². The summed E-state index contributed by atoms with van der Waals surface area (Å²) in [5, 5.41) is 7.92. The van der Waals surface area contributed by atoms with Crippen molar-refractivity contribution in [3.05, 3.63) is 77.0 Å². The van der Waals surface area contributed by atoms with Gasteiger partial charge in [0.15, 0.2) is 17.3 Å². The lowest BCUT2D eigenvalue weighted by Gasteiger charge is -2.08. The van der Waals surface area contributed by atoms with Gasteiger partial charge in [0.25, 0.3) is 0 Å². The molecule has 32 heavy (non-hydrogen) atoms. The lowest BCUT2D eigenvalue weighted by atomic mass is 10.0. The molecule has 1 fully saturated rings. The van der Waals surface area contributed by atoms with Gasteiger partial charge in [-0.05, 0) is 48.9 Å². The van der Waals surface area contributed by atoms with Crippen LogP contribution in [-0.4, -0.2) is 37.3 Å². The molecule has 1 aromatic carbocycles. The Morgan fingerprint density at radius 3 is 2.78 bits per heavy atom. The molecular weight excluding hydrogens is 416 g/mol. The van der Waals surface area contributed by atoms with Gasteiger partial charge in [-0.3, -0.25) is 4.79 Å². The molecule has 4 aromatic rings. The van der Waals surface area contributed by atoms with E-state index >= 15 is 0 Å². The molecule has 3 heterocycles. The van der Waals surface area contributed by atoms with E-state index in [4.69, 9.17) is 4.74 Å². The number of carbonyl (C=O) groups excluding carboxylic acids is 1. The first-order valence-corrected chi connectivity index (χ1v) is 10.4. The first kappa shape index (κ1) is 20.3. The second kappa shape index (κ2) is 8.14. The van der Waals surface area contributed by atoms with Crippen molar-refractivity contribution in [1.82, 2.24) is 24.4 Å². The van der Waals surface area contributed by atoms with Crippen LogP contribution < -0.4 is 4.74 Å². The third kappa shape index (κ3) is 3.98. The maximum atomic E-state index is 14.3. The summed E-state index contributed by atoms with van der Waals surface area (Å²) in [5.74, 6) is -1.25. The van der Waals surface area contributed by atoms with E-state index in [0.717, 1.165) is 17.4 Å². The number of Topliss-reactive ketones (excluding diaryl/α,β-unsaturated/α-hetero) is 1. The molecule has 5 rings (SSSR count). The van der Waals surface area contributed by atoms with E-state index in [2.05, 4.69) is 27.6 Å². The van der Waals surface area contributed by atoms with Crippen LogP contribution in [-0.2, 0) is 13.0 Å². The molecule has 164 valence electrons. The highest BCUT2D eigenvalue weighted by Gasteiger charge is 2.24. The van der Waals surface area contributed by atoms with Crippen molar-refractivity contribution in [2.75, 3.05) is 7.11 Å². The Hall–Kier alpha value is -3.62. The van der Waals surface area contributed by atoms with E-state index in [9.17, 15) is 13.6 Å². The van der Waals surface area contributed by atoms with Crippen LogP contribution in [0, 0.1) is 11.6 Å². The molecule has 0 spiro atoms. The molecule has 0 saturated heterocycles. The standard InChI is InChI=1S/C23H21F2N5O2/c1-32-21-8-6-18(24)17(23(21)25)5-7-20(31)19-13-30(28-27-19)12-16-11-29-10-15(14-2-3-14)4-9-22(29)26-16/h4,6,8-11,13-14H,2-3,5,7,12H2,1H3. The van der Waals surface area contributed by atoms with Crippen LogP contribution in [0.1, 0.15) is 52.5 Å². The highest BCUT2D eigenvalue weighted by molar-refractivity contribution is 5.93. The number of nitrogens with zero attached hydrogens (tertiary/aromatic N) is 5. The van der Waals surface area contributed by atoms with Crippen molar-refractivity contribution in [2.24, 2.45) is 0 Å². The predicted octanol–water partition coefficient (Wildman–Crippen LogP) is 3.95. The van der Waals surface area contributed by atoms with Gasteiger partial charge in [0.2, 0.25) is 0 Å². The molecule has 7 nitrogen and oxygen atoms in total. The fourth-order valence-corrected chi connectivity index (χ4v) is 3.79. The third-order valence-corrected chi connectivity index (χ3v) is 5.69. The number of methoxy groups -OCH3 is 1. The summed E-state index contributed by atoms with van der Waals surface area (Å²) in [5.41, 5.74) is 2.93.